The van der Waals surface area contributed by atoms with Crippen LogP contribution in [0.2, 0.25) is 0 Å². The van der Waals surface area contributed by atoms with Crippen molar-refractivity contribution < 1.29 is 4.74 Å². The second-order valence-corrected chi connectivity index (χ2v) is 5.47. The highest BCUT2D eigenvalue weighted by atomic mass is 16.5. The molecule has 2 heterocycles. The molecule has 1 saturated carbocycles. The van der Waals surface area contributed by atoms with Gasteiger partial charge in [-0.1, -0.05) is 0 Å². The summed E-state index contributed by atoms with van der Waals surface area (Å²) >= 11 is 0. The van der Waals surface area contributed by atoms with Crippen molar-refractivity contribution in [2.24, 2.45) is 0 Å². The first-order chi connectivity index (χ1) is 10.3. The normalized spacial score (nSPS) is 14.4. The minimum Gasteiger partial charge on any atom is -0.484 e. The van der Waals surface area contributed by atoms with Crippen molar-refractivity contribution in [1.82, 2.24) is 19.9 Å². The van der Waals surface area contributed by atoms with Crippen molar-refractivity contribution in [1.29, 1.82) is 0 Å². The van der Waals surface area contributed by atoms with E-state index in [1.807, 2.05) is 31.5 Å². The molecule has 1 fully saturated rings. The Labute approximate surface area is 125 Å². The lowest BCUT2D eigenvalue weighted by Crippen LogP contribution is -2.17. The Balaban J connectivity index is 1.68. The first kappa shape index (κ1) is 14.1. The fraction of sp³-hybridized carbons (Fsp3) is 0.500. The molecule has 2 aromatic rings. The molecule has 0 amide bonds. The van der Waals surface area contributed by atoms with Gasteiger partial charge in [-0.3, -0.25) is 4.98 Å². The number of hydrogen-bond donors (Lipinski definition) is 1. The summed E-state index contributed by atoms with van der Waals surface area (Å²) in [5, 5.41) is 3.49. The molecule has 1 aliphatic carbocycles. The zero-order valence-corrected chi connectivity index (χ0v) is 12.7. The van der Waals surface area contributed by atoms with Crippen LogP contribution >= 0.6 is 0 Å². The van der Waals surface area contributed by atoms with E-state index in [1.54, 1.807) is 0 Å². The van der Waals surface area contributed by atoms with E-state index in [2.05, 4.69) is 26.8 Å². The third kappa shape index (κ3) is 3.61. The van der Waals surface area contributed by atoms with Crippen molar-refractivity contribution >= 4 is 0 Å². The lowest BCUT2D eigenvalue weighted by atomic mass is 10.3. The Morgan fingerprint density at radius 3 is 3.00 bits per heavy atom. The summed E-state index contributed by atoms with van der Waals surface area (Å²) in [6.07, 6.45) is 6.33. The molecule has 0 aromatic carbocycles. The van der Waals surface area contributed by atoms with Crippen molar-refractivity contribution in [3.63, 3.8) is 0 Å². The van der Waals surface area contributed by atoms with Gasteiger partial charge in [-0.15, -0.1) is 0 Å². The average Bonchev–Trinajstić information content (AvgIpc) is 3.21. The molecule has 1 N–H and O–H groups in total. The van der Waals surface area contributed by atoms with Crippen LogP contribution in [0.3, 0.4) is 0 Å². The molecule has 3 rings (SSSR count). The Kier molecular flexibility index (Phi) is 4.20. The summed E-state index contributed by atoms with van der Waals surface area (Å²) in [5.41, 5.74) is 2.00. The molecule has 5 nitrogen and oxygen atoms in total. The molecule has 1 aliphatic rings. The highest BCUT2D eigenvalue weighted by molar-refractivity contribution is 5.29. The summed E-state index contributed by atoms with van der Waals surface area (Å²) in [6, 6.07) is 4.66. The van der Waals surface area contributed by atoms with Gasteiger partial charge in [0.2, 0.25) is 0 Å². The van der Waals surface area contributed by atoms with E-state index in [0.29, 0.717) is 12.6 Å². The van der Waals surface area contributed by atoms with Gasteiger partial charge in [0.1, 0.15) is 18.2 Å². The highest BCUT2D eigenvalue weighted by Gasteiger charge is 2.21. The van der Waals surface area contributed by atoms with Gasteiger partial charge in [0, 0.05) is 37.2 Å². The Bertz CT molecular complexity index is 604. The lowest BCUT2D eigenvalue weighted by Gasteiger charge is -2.12. The molecule has 0 spiro atoms. The third-order valence-electron chi connectivity index (χ3n) is 3.71. The average molecular weight is 286 g/mol. The zero-order valence-electron chi connectivity index (χ0n) is 12.7. The molecule has 0 unspecified atom stereocenters. The predicted octanol–water partition coefficient (Wildman–Crippen LogP) is 2.44. The maximum absolute atomic E-state index is 5.95. The van der Waals surface area contributed by atoms with Crippen LogP contribution in [0.5, 0.6) is 5.75 Å². The van der Waals surface area contributed by atoms with Crippen LogP contribution in [0.4, 0.5) is 0 Å². The largest absolute Gasteiger partial charge is 0.484 e. The molecule has 5 heteroatoms. The predicted molar refractivity (Wildman–Crippen MR) is 81.1 cm³/mol. The molecule has 0 atom stereocenters. The molecule has 0 radical (unpaired) electrons. The van der Waals surface area contributed by atoms with Gasteiger partial charge >= 0.3 is 0 Å². The fourth-order valence-electron chi connectivity index (χ4n) is 2.29. The Morgan fingerprint density at radius 1 is 1.38 bits per heavy atom. The summed E-state index contributed by atoms with van der Waals surface area (Å²) < 4.78 is 8.03. The van der Waals surface area contributed by atoms with E-state index in [0.717, 1.165) is 36.1 Å². The molecule has 0 aliphatic heterocycles. The van der Waals surface area contributed by atoms with Crippen LogP contribution in [0.1, 0.15) is 37.0 Å². The molecule has 2 aromatic heterocycles. The molecule has 0 bridgehead atoms. The fourth-order valence-corrected chi connectivity index (χ4v) is 2.29. The third-order valence-corrected chi connectivity index (χ3v) is 3.71. The standard InChI is InChI=1S/C16H22N4O/c1-3-20-9-8-17-16(20)11-21-15-7-4-12(2)19-14(15)10-18-13-5-6-13/h4,7-9,13,18H,3,5-6,10-11H2,1-2H3. The van der Waals surface area contributed by atoms with Gasteiger partial charge in [-0.2, -0.15) is 0 Å². The van der Waals surface area contributed by atoms with Crippen molar-refractivity contribution in [2.45, 2.75) is 52.4 Å². The summed E-state index contributed by atoms with van der Waals surface area (Å²) in [6.45, 7) is 6.25. The maximum Gasteiger partial charge on any atom is 0.146 e. The van der Waals surface area contributed by atoms with Crippen molar-refractivity contribution in [2.75, 3.05) is 0 Å². The topological polar surface area (TPSA) is 52.0 Å². The second kappa shape index (κ2) is 6.26. The van der Waals surface area contributed by atoms with E-state index in [-0.39, 0.29) is 0 Å². The number of nitrogens with zero attached hydrogens (tertiary/aromatic N) is 3. The second-order valence-electron chi connectivity index (χ2n) is 5.47. The van der Waals surface area contributed by atoms with Crippen LogP contribution in [-0.2, 0) is 19.7 Å². The number of hydrogen-bond acceptors (Lipinski definition) is 4. The summed E-state index contributed by atoms with van der Waals surface area (Å²) in [7, 11) is 0. The minimum atomic E-state index is 0.474. The minimum absolute atomic E-state index is 0.474. The first-order valence-corrected chi connectivity index (χ1v) is 7.59. The number of ether oxygens (including phenoxy) is 1. The van der Waals surface area contributed by atoms with Gasteiger partial charge in [0.05, 0.1) is 5.69 Å². The number of aromatic nitrogens is 3. The SMILES string of the molecule is CCn1ccnc1COc1ccc(C)nc1CNC1CC1. The first-order valence-electron chi connectivity index (χ1n) is 7.59. The Morgan fingerprint density at radius 2 is 2.24 bits per heavy atom. The number of nitrogens with one attached hydrogen (secondary N) is 1. The zero-order chi connectivity index (χ0) is 14.7. The number of pyridine rings is 1. The van der Waals surface area contributed by atoms with E-state index in [4.69, 9.17) is 4.74 Å². The van der Waals surface area contributed by atoms with Gasteiger partial charge in [0.15, 0.2) is 0 Å². The molecular weight excluding hydrogens is 264 g/mol. The van der Waals surface area contributed by atoms with E-state index in [1.165, 1.54) is 12.8 Å². The van der Waals surface area contributed by atoms with Gasteiger partial charge in [-0.25, -0.2) is 4.98 Å². The van der Waals surface area contributed by atoms with Crippen LogP contribution in [-0.4, -0.2) is 20.6 Å². The Hall–Kier alpha value is -1.88. The quantitative estimate of drug-likeness (QED) is 0.849. The van der Waals surface area contributed by atoms with Crippen LogP contribution in [0.15, 0.2) is 24.5 Å². The van der Waals surface area contributed by atoms with Crippen molar-refractivity contribution in [3.8, 4) is 5.75 Å². The van der Waals surface area contributed by atoms with Crippen LogP contribution < -0.4 is 10.1 Å². The van der Waals surface area contributed by atoms with Gasteiger partial charge in [0.25, 0.3) is 0 Å². The van der Waals surface area contributed by atoms with Crippen LogP contribution in [0, 0.1) is 6.92 Å². The highest BCUT2D eigenvalue weighted by Crippen LogP contribution is 2.22. The van der Waals surface area contributed by atoms with Crippen molar-refractivity contribution in [3.05, 3.63) is 41.7 Å². The van der Waals surface area contributed by atoms with Crippen LogP contribution in [0.25, 0.3) is 0 Å². The summed E-state index contributed by atoms with van der Waals surface area (Å²) in [4.78, 5) is 8.94. The molecular formula is C16H22N4O. The summed E-state index contributed by atoms with van der Waals surface area (Å²) in [5.74, 6) is 1.79. The van der Waals surface area contributed by atoms with Gasteiger partial charge < -0.3 is 14.6 Å². The number of imidazole rings is 1. The maximum atomic E-state index is 5.95. The lowest BCUT2D eigenvalue weighted by molar-refractivity contribution is 0.284. The van der Waals surface area contributed by atoms with E-state index >= 15 is 0 Å². The number of rotatable bonds is 7. The van der Waals surface area contributed by atoms with Gasteiger partial charge in [-0.05, 0) is 38.8 Å². The number of aryl methyl sites for hydroxylation is 2. The molecule has 112 valence electrons. The van der Waals surface area contributed by atoms with E-state index in [9.17, 15) is 0 Å². The van der Waals surface area contributed by atoms with E-state index < -0.39 is 0 Å². The molecule has 0 saturated heterocycles. The smallest absolute Gasteiger partial charge is 0.146 e. The molecule has 21 heavy (non-hydrogen) atoms. The monoisotopic (exact) mass is 286 g/mol.